The molecular formula is C24H46O4. The van der Waals surface area contributed by atoms with Gasteiger partial charge < -0.3 is 9.47 Å². The van der Waals surface area contributed by atoms with E-state index in [0.29, 0.717) is 38.9 Å². The Hall–Kier alpha value is -1.06. The average Bonchev–Trinajstić information content (AvgIpc) is 2.69. The van der Waals surface area contributed by atoms with Gasteiger partial charge in [0.25, 0.3) is 0 Å². The summed E-state index contributed by atoms with van der Waals surface area (Å²) < 4.78 is 10.5. The van der Waals surface area contributed by atoms with E-state index in [4.69, 9.17) is 9.47 Å². The normalized spacial score (nSPS) is 13.1. The first kappa shape index (κ1) is 26.9. The van der Waals surface area contributed by atoms with Gasteiger partial charge in [0, 0.05) is 12.8 Å². The summed E-state index contributed by atoms with van der Waals surface area (Å²) in [4.78, 5) is 23.4. The van der Waals surface area contributed by atoms with Crippen LogP contribution in [0.4, 0.5) is 0 Å². The Bertz CT molecular complexity index is 345. The van der Waals surface area contributed by atoms with Crippen LogP contribution in [0.2, 0.25) is 0 Å². The van der Waals surface area contributed by atoms with Crippen LogP contribution in [-0.4, -0.2) is 25.2 Å². The van der Waals surface area contributed by atoms with E-state index in [9.17, 15) is 9.59 Å². The molecule has 0 aromatic carbocycles. The third kappa shape index (κ3) is 18.3. The van der Waals surface area contributed by atoms with Crippen LogP contribution in [0, 0.1) is 11.8 Å². The van der Waals surface area contributed by atoms with Crippen molar-refractivity contribution in [1.82, 2.24) is 0 Å². The van der Waals surface area contributed by atoms with Gasteiger partial charge in [-0.25, -0.2) is 0 Å². The van der Waals surface area contributed by atoms with Crippen LogP contribution in [-0.2, 0) is 19.1 Å². The summed E-state index contributed by atoms with van der Waals surface area (Å²) in [5.74, 6) is 1.31. The van der Waals surface area contributed by atoms with Crippen LogP contribution in [0.25, 0.3) is 0 Å². The smallest absolute Gasteiger partial charge is 0.305 e. The van der Waals surface area contributed by atoms with Gasteiger partial charge in [0.1, 0.15) is 0 Å². The molecule has 0 N–H and O–H groups in total. The van der Waals surface area contributed by atoms with Gasteiger partial charge in [-0.1, -0.05) is 79.1 Å². The topological polar surface area (TPSA) is 52.6 Å². The molecule has 0 aliphatic rings. The van der Waals surface area contributed by atoms with Crippen molar-refractivity contribution >= 4 is 11.9 Å². The molecule has 0 saturated carbocycles. The van der Waals surface area contributed by atoms with E-state index in [1.54, 1.807) is 0 Å². The largest absolute Gasteiger partial charge is 0.466 e. The van der Waals surface area contributed by atoms with Gasteiger partial charge in [0.05, 0.1) is 13.2 Å². The lowest BCUT2D eigenvalue weighted by molar-refractivity contribution is -0.146. The molecule has 166 valence electrons. The van der Waals surface area contributed by atoms with E-state index in [0.717, 1.165) is 37.5 Å². The molecule has 2 unspecified atom stereocenters. The summed E-state index contributed by atoms with van der Waals surface area (Å²) in [6, 6.07) is 0. The highest BCUT2D eigenvalue weighted by molar-refractivity contribution is 5.70. The first-order chi connectivity index (χ1) is 13.5. The molecule has 28 heavy (non-hydrogen) atoms. The molecule has 2 atom stereocenters. The van der Waals surface area contributed by atoms with Crippen LogP contribution in [0.5, 0.6) is 0 Å². The first-order valence-corrected chi connectivity index (χ1v) is 11.8. The molecule has 0 aliphatic heterocycles. The number of carbonyl (C=O) groups excluding carboxylic acids is 2. The number of carbonyl (C=O) groups is 2. The maximum atomic E-state index is 11.7. The molecule has 4 heteroatoms. The maximum absolute atomic E-state index is 11.7. The van der Waals surface area contributed by atoms with E-state index in [-0.39, 0.29) is 11.9 Å². The van der Waals surface area contributed by atoms with Gasteiger partial charge in [-0.2, -0.15) is 0 Å². The molecule has 0 saturated heterocycles. The maximum Gasteiger partial charge on any atom is 0.305 e. The molecule has 0 rings (SSSR count). The minimum Gasteiger partial charge on any atom is -0.466 e. The van der Waals surface area contributed by atoms with Gasteiger partial charge in [-0.3, -0.25) is 9.59 Å². The molecule has 0 radical (unpaired) electrons. The van der Waals surface area contributed by atoms with Gasteiger partial charge in [-0.05, 0) is 37.5 Å². The fourth-order valence-corrected chi connectivity index (χ4v) is 3.01. The number of unbranched alkanes of at least 4 members (excludes halogenated alkanes) is 5. The van der Waals surface area contributed by atoms with E-state index < -0.39 is 0 Å². The average molecular weight is 399 g/mol. The lowest BCUT2D eigenvalue weighted by atomic mass is 10.0. The van der Waals surface area contributed by atoms with Crippen molar-refractivity contribution in [3.63, 3.8) is 0 Å². The van der Waals surface area contributed by atoms with Crippen LogP contribution in [0.3, 0.4) is 0 Å². The summed E-state index contributed by atoms with van der Waals surface area (Å²) in [6.45, 7) is 10.1. The molecule has 0 amide bonds. The van der Waals surface area contributed by atoms with Crippen molar-refractivity contribution < 1.29 is 19.1 Å². The minimum atomic E-state index is -0.142. The van der Waals surface area contributed by atoms with Crippen molar-refractivity contribution in [3.05, 3.63) is 0 Å². The van der Waals surface area contributed by atoms with Gasteiger partial charge >= 0.3 is 11.9 Å². The predicted octanol–water partition coefficient (Wildman–Crippen LogP) is 6.85. The highest BCUT2D eigenvalue weighted by Crippen LogP contribution is 2.13. The minimum absolute atomic E-state index is 0.142. The van der Waals surface area contributed by atoms with Crippen molar-refractivity contribution in [3.8, 4) is 0 Å². The van der Waals surface area contributed by atoms with E-state index in [2.05, 4.69) is 27.7 Å². The van der Waals surface area contributed by atoms with Crippen LogP contribution >= 0.6 is 0 Å². The number of esters is 2. The molecule has 4 nitrogen and oxygen atoms in total. The van der Waals surface area contributed by atoms with Crippen molar-refractivity contribution in [2.45, 2.75) is 118 Å². The summed E-state index contributed by atoms with van der Waals surface area (Å²) >= 11 is 0. The lowest BCUT2D eigenvalue weighted by Gasteiger charge is -2.08. The molecule has 0 fully saturated rings. The summed E-state index contributed by atoms with van der Waals surface area (Å²) in [6.07, 6.45) is 13.8. The van der Waals surface area contributed by atoms with Crippen LogP contribution in [0.15, 0.2) is 0 Å². The number of hydrogen-bond acceptors (Lipinski definition) is 4. The third-order valence-corrected chi connectivity index (χ3v) is 5.61. The summed E-state index contributed by atoms with van der Waals surface area (Å²) in [7, 11) is 0. The van der Waals surface area contributed by atoms with Crippen molar-refractivity contribution in [2.75, 3.05) is 13.2 Å². The highest BCUT2D eigenvalue weighted by atomic mass is 16.5. The van der Waals surface area contributed by atoms with Crippen molar-refractivity contribution in [1.29, 1.82) is 0 Å². The molecule has 0 heterocycles. The Morgan fingerprint density at radius 2 is 1.00 bits per heavy atom. The summed E-state index contributed by atoms with van der Waals surface area (Å²) in [5, 5.41) is 0. The Kier molecular flexibility index (Phi) is 18.5. The molecule has 0 aromatic heterocycles. The fraction of sp³-hybridized carbons (Fsp3) is 0.917. The molecular weight excluding hydrogens is 352 g/mol. The standard InChI is InChI=1S/C24H46O4/c1-5-21(3)15-9-7-13-19-27-23(25)17-11-12-18-24(26)28-20-14-8-10-16-22(4)6-2/h21-22H,5-20H2,1-4H3. The Labute approximate surface area is 174 Å². The molecule has 0 spiro atoms. The predicted molar refractivity (Wildman–Crippen MR) is 116 cm³/mol. The number of hydrogen-bond donors (Lipinski definition) is 0. The molecule has 0 aliphatic carbocycles. The van der Waals surface area contributed by atoms with E-state index >= 15 is 0 Å². The number of ether oxygens (including phenoxy) is 2. The second kappa shape index (κ2) is 19.3. The van der Waals surface area contributed by atoms with Gasteiger partial charge in [-0.15, -0.1) is 0 Å². The Morgan fingerprint density at radius 1 is 0.607 bits per heavy atom. The van der Waals surface area contributed by atoms with Crippen molar-refractivity contribution in [2.24, 2.45) is 11.8 Å². The van der Waals surface area contributed by atoms with Crippen LogP contribution < -0.4 is 0 Å². The third-order valence-electron chi connectivity index (χ3n) is 5.61. The monoisotopic (exact) mass is 398 g/mol. The fourth-order valence-electron chi connectivity index (χ4n) is 3.01. The lowest BCUT2D eigenvalue weighted by Crippen LogP contribution is -2.08. The quantitative estimate of drug-likeness (QED) is 0.176. The van der Waals surface area contributed by atoms with Crippen LogP contribution in [0.1, 0.15) is 118 Å². The molecule has 0 aromatic rings. The Morgan fingerprint density at radius 3 is 1.36 bits per heavy atom. The first-order valence-electron chi connectivity index (χ1n) is 11.8. The van der Waals surface area contributed by atoms with Gasteiger partial charge in [0.15, 0.2) is 0 Å². The Balaban J connectivity index is 3.39. The van der Waals surface area contributed by atoms with E-state index in [1.165, 1.54) is 38.5 Å². The second-order valence-electron chi connectivity index (χ2n) is 8.37. The highest BCUT2D eigenvalue weighted by Gasteiger charge is 2.06. The molecule has 0 bridgehead atoms. The summed E-state index contributed by atoms with van der Waals surface area (Å²) in [5.41, 5.74) is 0. The number of rotatable bonds is 19. The second-order valence-corrected chi connectivity index (χ2v) is 8.37. The zero-order valence-electron chi connectivity index (χ0n) is 19.1. The van der Waals surface area contributed by atoms with E-state index in [1.807, 2.05) is 0 Å². The van der Waals surface area contributed by atoms with Gasteiger partial charge in [0.2, 0.25) is 0 Å². The zero-order chi connectivity index (χ0) is 21.0. The SMILES string of the molecule is CCC(C)CCCCCOC(=O)CCCCC(=O)OCCCCCC(C)CC. The zero-order valence-corrected chi connectivity index (χ0v) is 19.1.